The number of carbonyl (C=O) groups is 2. The molecule has 2 aromatic rings. The van der Waals surface area contributed by atoms with E-state index in [4.69, 9.17) is 5.11 Å². The highest BCUT2D eigenvalue weighted by Crippen LogP contribution is 2.12. The number of carboxylic acid groups (broad SMARTS) is 1. The van der Waals surface area contributed by atoms with Crippen molar-refractivity contribution in [1.82, 2.24) is 10.0 Å². The van der Waals surface area contributed by atoms with Crippen LogP contribution in [0.25, 0.3) is 0 Å². The lowest BCUT2D eigenvalue weighted by Crippen LogP contribution is -2.26. The van der Waals surface area contributed by atoms with E-state index in [0.717, 1.165) is 5.56 Å². The number of aliphatic carboxylic acids is 1. The Morgan fingerprint density at radius 1 is 0.963 bits per heavy atom. The number of sulfonamides is 1. The van der Waals surface area contributed by atoms with Crippen LogP contribution in [0, 0.1) is 0 Å². The Labute approximate surface area is 158 Å². The van der Waals surface area contributed by atoms with Crippen LogP contribution in [0.15, 0.2) is 59.5 Å². The lowest BCUT2D eigenvalue weighted by molar-refractivity contribution is -0.137. The van der Waals surface area contributed by atoms with Crippen LogP contribution in [0.5, 0.6) is 0 Å². The number of rotatable bonds is 10. The molecule has 0 bridgehead atoms. The third-order valence-corrected chi connectivity index (χ3v) is 5.22. The first-order chi connectivity index (χ1) is 12.9. The summed E-state index contributed by atoms with van der Waals surface area (Å²) in [6.07, 6.45) is 1.05. The van der Waals surface area contributed by atoms with Gasteiger partial charge in [0.15, 0.2) is 0 Å². The molecule has 0 saturated carbocycles. The number of benzene rings is 2. The molecule has 0 aliphatic rings. The standard InChI is InChI=1S/C19H22N2O5S/c22-18(23)11-4-5-12-20-19(24)16-9-6-10-17(13-16)27(25,26)21-14-15-7-2-1-3-8-15/h1-3,6-10,13,21H,4-5,11-12,14H2,(H,20,24)(H,22,23). The fraction of sp³-hybridized carbons (Fsp3) is 0.263. The van der Waals surface area contributed by atoms with Gasteiger partial charge in [-0.2, -0.15) is 0 Å². The SMILES string of the molecule is O=C(O)CCCCNC(=O)c1cccc(S(=O)(=O)NCc2ccccc2)c1. The minimum Gasteiger partial charge on any atom is -0.481 e. The van der Waals surface area contributed by atoms with E-state index in [1.165, 1.54) is 24.3 Å². The molecule has 0 aliphatic heterocycles. The molecule has 0 radical (unpaired) electrons. The van der Waals surface area contributed by atoms with E-state index in [2.05, 4.69) is 10.0 Å². The third-order valence-electron chi connectivity index (χ3n) is 3.82. The highest BCUT2D eigenvalue weighted by molar-refractivity contribution is 7.89. The normalized spacial score (nSPS) is 11.1. The van der Waals surface area contributed by atoms with Gasteiger partial charge < -0.3 is 10.4 Å². The van der Waals surface area contributed by atoms with E-state index in [1.54, 1.807) is 0 Å². The van der Waals surface area contributed by atoms with Crippen LogP contribution >= 0.6 is 0 Å². The molecule has 2 rings (SSSR count). The summed E-state index contributed by atoms with van der Waals surface area (Å²) in [5.74, 6) is -1.27. The molecule has 0 atom stereocenters. The Hall–Kier alpha value is -2.71. The molecule has 0 fully saturated rings. The first-order valence-corrected chi connectivity index (χ1v) is 10.0. The van der Waals surface area contributed by atoms with Gasteiger partial charge in [0.1, 0.15) is 0 Å². The lowest BCUT2D eigenvalue weighted by Gasteiger charge is -2.09. The summed E-state index contributed by atoms with van der Waals surface area (Å²) in [6.45, 7) is 0.485. The van der Waals surface area contributed by atoms with E-state index in [9.17, 15) is 18.0 Å². The largest absolute Gasteiger partial charge is 0.481 e. The molecule has 0 heterocycles. The van der Waals surface area contributed by atoms with Gasteiger partial charge in [-0.05, 0) is 36.6 Å². The second kappa shape index (κ2) is 9.84. The van der Waals surface area contributed by atoms with E-state index in [0.29, 0.717) is 19.4 Å². The molecule has 0 saturated heterocycles. The molecule has 27 heavy (non-hydrogen) atoms. The summed E-state index contributed by atoms with van der Waals surface area (Å²) in [7, 11) is -3.75. The number of carbonyl (C=O) groups excluding carboxylic acids is 1. The Morgan fingerprint density at radius 3 is 2.41 bits per heavy atom. The Bertz CT molecular complexity index is 882. The predicted octanol–water partition coefficient (Wildman–Crippen LogP) is 2.15. The van der Waals surface area contributed by atoms with Crippen LogP contribution in [-0.2, 0) is 21.4 Å². The van der Waals surface area contributed by atoms with Crippen molar-refractivity contribution in [3.05, 3.63) is 65.7 Å². The first-order valence-electron chi connectivity index (χ1n) is 8.52. The van der Waals surface area contributed by atoms with Gasteiger partial charge in [-0.25, -0.2) is 13.1 Å². The van der Waals surface area contributed by atoms with Crippen molar-refractivity contribution < 1.29 is 23.1 Å². The zero-order valence-electron chi connectivity index (χ0n) is 14.7. The van der Waals surface area contributed by atoms with Gasteiger partial charge >= 0.3 is 5.97 Å². The molecule has 0 aliphatic carbocycles. The smallest absolute Gasteiger partial charge is 0.303 e. The average Bonchev–Trinajstić information content (AvgIpc) is 2.67. The van der Waals surface area contributed by atoms with Crippen molar-refractivity contribution in [1.29, 1.82) is 0 Å². The van der Waals surface area contributed by atoms with Crippen molar-refractivity contribution in [3.63, 3.8) is 0 Å². The van der Waals surface area contributed by atoms with Gasteiger partial charge in [-0.1, -0.05) is 36.4 Å². The van der Waals surface area contributed by atoms with Crippen molar-refractivity contribution in [2.75, 3.05) is 6.54 Å². The van der Waals surface area contributed by atoms with Crippen LogP contribution in [0.3, 0.4) is 0 Å². The summed E-state index contributed by atoms with van der Waals surface area (Å²) in [6, 6.07) is 14.9. The van der Waals surface area contributed by atoms with Crippen molar-refractivity contribution in [3.8, 4) is 0 Å². The van der Waals surface area contributed by atoms with Crippen molar-refractivity contribution >= 4 is 21.9 Å². The maximum Gasteiger partial charge on any atom is 0.303 e. The molecule has 7 nitrogen and oxygen atoms in total. The number of hydrogen-bond acceptors (Lipinski definition) is 4. The number of nitrogens with one attached hydrogen (secondary N) is 2. The summed E-state index contributed by atoms with van der Waals surface area (Å²) < 4.78 is 27.4. The topological polar surface area (TPSA) is 113 Å². The second-order valence-electron chi connectivity index (χ2n) is 5.94. The Balaban J connectivity index is 1.94. The van der Waals surface area contributed by atoms with Gasteiger partial charge in [0, 0.05) is 25.1 Å². The van der Waals surface area contributed by atoms with Gasteiger partial charge in [-0.3, -0.25) is 9.59 Å². The minimum atomic E-state index is -3.75. The third kappa shape index (κ3) is 6.84. The van der Waals surface area contributed by atoms with E-state index < -0.39 is 21.9 Å². The van der Waals surface area contributed by atoms with E-state index in [-0.39, 0.29) is 23.4 Å². The number of carboxylic acids is 1. The van der Waals surface area contributed by atoms with Crippen LogP contribution < -0.4 is 10.0 Å². The molecule has 8 heteroatoms. The molecule has 0 aromatic heterocycles. The molecular formula is C19H22N2O5S. The van der Waals surface area contributed by atoms with Crippen LogP contribution in [-0.4, -0.2) is 31.9 Å². The summed E-state index contributed by atoms with van der Waals surface area (Å²) in [5, 5.41) is 11.2. The molecule has 2 aromatic carbocycles. The molecular weight excluding hydrogens is 368 g/mol. The maximum atomic E-state index is 12.4. The summed E-state index contributed by atoms with van der Waals surface area (Å²) in [4.78, 5) is 22.6. The highest BCUT2D eigenvalue weighted by Gasteiger charge is 2.16. The molecule has 0 unspecified atom stereocenters. The Kier molecular flexibility index (Phi) is 7.51. The van der Waals surface area contributed by atoms with Gasteiger partial charge in [0.2, 0.25) is 10.0 Å². The van der Waals surface area contributed by atoms with E-state index in [1.807, 2.05) is 30.3 Å². The number of hydrogen-bond donors (Lipinski definition) is 3. The number of amides is 1. The number of unbranched alkanes of at least 4 members (excludes halogenated alkanes) is 1. The summed E-state index contributed by atoms with van der Waals surface area (Å²) in [5.41, 5.74) is 1.06. The Morgan fingerprint density at radius 2 is 1.70 bits per heavy atom. The molecule has 1 amide bonds. The minimum absolute atomic E-state index is 0.0111. The zero-order chi connectivity index (χ0) is 19.7. The first kappa shape index (κ1) is 20.6. The predicted molar refractivity (Wildman–Crippen MR) is 101 cm³/mol. The molecule has 144 valence electrons. The monoisotopic (exact) mass is 390 g/mol. The highest BCUT2D eigenvalue weighted by atomic mass is 32.2. The van der Waals surface area contributed by atoms with Crippen LogP contribution in [0.4, 0.5) is 0 Å². The van der Waals surface area contributed by atoms with Gasteiger partial charge in [0.25, 0.3) is 5.91 Å². The van der Waals surface area contributed by atoms with Crippen LogP contribution in [0.2, 0.25) is 0 Å². The quantitative estimate of drug-likeness (QED) is 0.538. The van der Waals surface area contributed by atoms with Crippen molar-refractivity contribution in [2.45, 2.75) is 30.7 Å². The molecule has 3 N–H and O–H groups in total. The maximum absolute atomic E-state index is 12.4. The molecule has 0 spiro atoms. The van der Waals surface area contributed by atoms with E-state index >= 15 is 0 Å². The summed E-state index contributed by atoms with van der Waals surface area (Å²) >= 11 is 0. The fourth-order valence-electron chi connectivity index (χ4n) is 2.37. The average molecular weight is 390 g/mol. The fourth-order valence-corrected chi connectivity index (χ4v) is 3.43. The van der Waals surface area contributed by atoms with Crippen molar-refractivity contribution in [2.24, 2.45) is 0 Å². The van der Waals surface area contributed by atoms with Gasteiger partial charge in [-0.15, -0.1) is 0 Å². The zero-order valence-corrected chi connectivity index (χ0v) is 15.5. The second-order valence-corrected chi connectivity index (χ2v) is 7.71. The van der Waals surface area contributed by atoms with Crippen LogP contribution in [0.1, 0.15) is 35.2 Å². The lowest BCUT2D eigenvalue weighted by atomic mass is 10.2. The van der Waals surface area contributed by atoms with Gasteiger partial charge in [0.05, 0.1) is 4.90 Å².